The number of aromatic nitrogens is 1. The maximum Gasteiger partial charge on any atom is 0.137 e. The second kappa shape index (κ2) is 6.74. The van der Waals surface area contributed by atoms with Gasteiger partial charge in [-0.1, -0.05) is 55.5 Å². The van der Waals surface area contributed by atoms with Crippen molar-refractivity contribution in [2.75, 3.05) is 0 Å². The van der Waals surface area contributed by atoms with Crippen LogP contribution in [0.5, 0.6) is 0 Å². The SMILES string of the molecule is Cc1ccccc1C(C)CC(=O)Cc1cccc2cccnc12. The Hall–Kier alpha value is -2.48. The van der Waals surface area contributed by atoms with Crippen molar-refractivity contribution < 1.29 is 4.79 Å². The third-order valence-corrected chi connectivity index (χ3v) is 4.36. The van der Waals surface area contributed by atoms with E-state index in [1.165, 1.54) is 11.1 Å². The molecule has 116 valence electrons. The van der Waals surface area contributed by atoms with E-state index in [1.54, 1.807) is 6.20 Å². The van der Waals surface area contributed by atoms with Crippen molar-refractivity contribution in [2.45, 2.75) is 32.6 Å². The Morgan fingerprint density at radius 2 is 1.83 bits per heavy atom. The van der Waals surface area contributed by atoms with Crippen LogP contribution < -0.4 is 0 Å². The van der Waals surface area contributed by atoms with Crippen molar-refractivity contribution in [3.8, 4) is 0 Å². The molecule has 1 aromatic heterocycles. The maximum absolute atomic E-state index is 12.5. The van der Waals surface area contributed by atoms with Gasteiger partial charge >= 0.3 is 0 Å². The van der Waals surface area contributed by atoms with E-state index < -0.39 is 0 Å². The molecule has 1 heterocycles. The molecule has 3 aromatic rings. The molecule has 0 spiro atoms. The first-order valence-corrected chi connectivity index (χ1v) is 8.05. The fourth-order valence-corrected chi connectivity index (χ4v) is 3.19. The predicted octanol–water partition coefficient (Wildman–Crippen LogP) is 4.85. The van der Waals surface area contributed by atoms with Crippen molar-refractivity contribution in [1.29, 1.82) is 0 Å². The van der Waals surface area contributed by atoms with Gasteiger partial charge in [-0.2, -0.15) is 0 Å². The first-order chi connectivity index (χ1) is 11.1. The molecule has 3 rings (SSSR count). The van der Waals surface area contributed by atoms with Gasteiger partial charge in [-0.3, -0.25) is 9.78 Å². The molecule has 0 saturated heterocycles. The van der Waals surface area contributed by atoms with Gasteiger partial charge in [0, 0.05) is 24.4 Å². The number of ketones is 1. The van der Waals surface area contributed by atoms with E-state index in [9.17, 15) is 4.79 Å². The Morgan fingerprint density at radius 3 is 2.65 bits per heavy atom. The number of para-hydroxylation sites is 1. The summed E-state index contributed by atoms with van der Waals surface area (Å²) in [4.78, 5) is 17.0. The van der Waals surface area contributed by atoms with E-state index in [0.29, 0.717) is 12.8 Å². The van der Waals surface area contributed by atoms with E-state index in [0.717, 1.165) is 16.5 Å². The lowest BCUT2D eigenvalue weighted by molar-refractivity contribution is -0.118. The van der Waals surface area contributed by atoms with E-state index in [-0.39, 0.29) is 11.7 Å². The molecule has 1 atom stereocenters. The smallest absolute Gasteiger partial charge is 0.137 e. The summed E-state index contributed by atoms with van der Waals surface area (Å²) in [6.45, 7) is 4.23. The predicted molar refractivity (Wildman–Crippen MR) is 94.7 cm³/mol. The minimum Gasteiger partial charge on any atom is -0.299 e. The van der Waals surface area contributed by atoms with Crippen LogP contribution in [0.15, 0.2) is 60.8 Å². The van der Waals surface area contributed by atoms with Crippen LogP contribution in [-0.2, 0) is 11.2 Å². The zero-order chi connectivity index (χ0) is 16.2. The summed E-state index contributed by atoms with van der Waals surface area (Å²) in [5.41, 5.74) is 4.47. The minimum atomic E-state index is 0.242. The van der Waals surface area contributed by atoms with Gasteiger partial charge in [-0.15, -0.1) is 0 Å². The topological polar surface area (TPSA) is 30.0 Å². The first-order valence-electron chi connectivity index (χ1n) is 8.05. The van der Waals surface area contributed by atoms with Gasteiger partial charge in [-0.25, -0.2) is 0 Å². The number of hydrogen-bond acceptors (Lipinski definition) is 2. The Kier molecular flexibility index (Phi) is 4.52. The van der Waals surface area contributed by atoms with Crippen molar-refractivity contribution in [3.05, 3.63) is 77.5 Å². The van der Waals surface area contributed by atoms with Crippen molar-refractivity contribution in [2.24, 2.45) is 0 Å². The van der Waals surface area contributed by atoms with Crippen LogP contribution in [0.4, 0.5) is 0 Å². The number of fused-ring (bicyclic) bond motifs is 1. The van der Waals surface area contributed by atoms with Gasteiger partial charge in [0.2, 0.25) is 0 Å². The molecule has 23 heavy (non-hydrogen) atoms. The fraction of sp³-hybridized carbons (Fsp3) is 0.238. The molecule has 0 aliphatic rings. The number of rotatable bonds is 5. The van der Waals surface area contributed by atoms with Gasteiger partial charge in [-0.05, 0) is 35.6 Å². The minimum absolute atomic E-state index is 0.242. The zero-order valence-electron chi connectivity index (χ0n) is 13.6. The molecular weight excluding hydrogens is 282 g/mol. The van der Waals surface area contributed by atoms with Crippen molar-refractivity contribution in [1.82, 2.24) is 4.98 Å². The van der Waals surface area contributed by atoms with Crippen LogP contribution in [0.3, 0.4) is 0 Å². The summed E-state index contributed by atoms with van der Waals surface area (Å²) >= 11 is 0. The molecule has 0 amide bonds. The van der Waals surface area contributed by atoms with Crippen LogP contribution in [0.2, 0.25) is 0 Å². The standard InChI is InChI=1S/C21H21NO/c1-15-7-3-4-11-20(15)16(2)13-19(23)14-18-9-5-8-17-10-6-12-22-21(17)18/h3-12,16H,13-14H2,1-2H3. The number of aryl methyl sites for hydroxylation is 1. The number of Topliss-reactive ketones (excluding diaryl/α,β-unsaturated/α-hetero) is 1. The lowest BCUT2D eigenvalue weighted by Crippen LogP contribution is -2.09. The van der Waals surface area contributed by atoms with Crippen LogP contribution in [0.25, 0.3) is 10.9 Å². The largest absolute Gasteiger partial charge is 0.299 e. The highest BCUT2D eigenvalue weighted by molar-refractivity contribution is 5.88. The molecule has 2 nitrogen and oxygen atoms in total. The highest BCUT2D eigenvalue weighted by atomic mass is 16.1. The van der Waals surface area contributed by atoms with Crippen LogP contribution >= 0.6 is 0 Å². The number of carbonyl (C=O) groups is 1. The Morgan fingerprint density at radius 1 is 1.04 bits per heavy atom. The van der Waals surface area contributed by atoms with Crippen molar-refractivity contribution >= 4 is 16.7 Å². The quantitative estimate of drug-likeness (QED) is 0.674. The average Bonchev–Trinajstić information content (AvgIpc) is 2.55. The first kappa shape index (κ1) is 15.4. The third-order valence-electron chi connectivity index (χ3n) is 4.36. The zero-order valence-corrected chi connectivity index (χ0v) is 13.6. The number of nitrogens with zero attached hydrogens (tertiary/aromatic N) is 1. The fourth-order valence-electron chi connectivity index (χ4n) is 3.19. The Labute approximate surface area is 137 Å². The highest BCUT2D eigenvalue weighted by Gasteiger charge is 2.14. The molecule has 0 aliphatic heterocycles. The van der Waals surface area contributed by atoms with E-state index in [4.69, 9.17) is 0 Å². The third kappa shape index (κ3) is 3.48. The molecular formula is C21H21NO. The summed E-state index contributed by atoms with van der Waals surface area (Å²) in [6, 6.07) is 18.3. The molecule has 0 aliphatic carbocycles. The number of hydrogen-bond donors (Lipinski definition) is 0. The van der Waals surface area contributed by atoms with E-state index >= 15 is 0 Å². The molecule has 0 N–H and O–H groups in total. The Balaban J connectivity index is 1.75. The lowest BCUT2D eigenvalue weighted by Gasteiger charge is -2.14. The molecule has 0 fully saturated rings. The second-order valence-electron chi connectivity index (χ2n) is 6.17. The van der Waals surface area contributed by atoms with Gasteiger partial charge in [0.25, 0.3) is 0 Å². The molecule has 0 saturated carbocycles. The average molecular weight is 303 g/mol. The van der Waals surface area contributed by atoms with Gasteiger partial charge in [0.1, 0.15) is 5.78 Å². The molecule has 2 heteroatoms. The monoisotopic (exact) mass is 303 g/mol. The van der Waals surface area contributed by atoms with Crippen LogP contribution in [0.1, 0.15) is 36.0 Å². The van der Waals surface area contributed by atoms with Crippen LogP contribution in [-0.4, -0.2) is 10.8 Å². The molecule has 0 bridgehead atoms. The lowest BCUT2D eigenvalue weighted by atomic mass is 9.90. The molecule has 1 unspecified atom stereocenters. The normalized spacial score (nSPS) is 12.3. The van der Waals surface area contributed by atoms with Crippen molar-refractivity contribution in [3.63, 3.8) is 0 Å². The summed E-state index contributed by atoms with van der Waals surface area (Å²) < 4.78 is 0. The second-order valence-corrected chi connectivity index (χ2v) is 6.17. The number of carbonyl (C=O) groups excluding carboxylic acids is 1. The van der Waals surface area contributed by atoms with E-state index in [1.807, 2.05) is 42.5 Å². The summed E-state index contributed by atoms with van der Waals surface area (Å²) in [5.74, 6) is 0.505. The summed E-state index contributed by atoms with van der Waals surface area (Å²) in [5, 5.41) is 1.09. The molecule has 2 aromatic carbocycles. The number of benzene rings is 2. The highest BCUT2D eigenvalue weighted by Crippen LogP contribution is 2.24. The van der Waals surface area contributed by atoms with E-state index in [2.05, 4.69) is 31.0 Å². The van der Waals surface area contributed by atoms with Gasteiger partial charge in [0.05, 0.1) is 5.52 Å². The Bertz CT molecular complexity index is 833. The summed E-state index contributed by atoms with van der Waals surface area (Å²) in [7, 11) is 0. The number of pyridine rings is 1. The van der Waals surface area contributed by atoms with Gasteiger partial charge < -0.3 is 0 Å². The summed E-state index contributed by atoms with van der Waals surface area (Å²) in [6.07, 6.45) is 2.80. The van der Waals surface area contributed by atoms with Crippen LogP contribution in [0, 0.1) is 6.92 Å². The van der Waals surface area contributed by atoms with Gasteiger partial charge in [0.15, 0.2) is 0 Å². The molecule has 0 radical (unpaired) electrons. The maximum atomic E-state index is 12.5.